The summed E-state index contributed by atoms with van der Waals surface area (Å²) in [6.07, 6.45) is 0. The van der Waals surface area contributed by atoms with E-state index in [-0.39, 0.29) is 5.92 Å². The smallest absolute Gasteiger partial charge is 0.312 e. The van der Waals surface area contributed by atoms with Crippen LogP contribution in [0.4, 0.5) is 0 Å². The van der Waals surface area contributed by atoms with Crippen LogP contribution in [0.15, 0.2) is 0 Å². The zero-order chi connectivity index (χ0) is 8.15. The third-order valence-corrected chi connectivity index (χ3v) is 3.90. The summed E-state index contributed by atoms with van der Waals surface area (Å²) in [5.41, 5.74) is -0.948. The Morgan fingerprint density at radius 2 is 1.90 bits per heavy atom. The molecule has 0 aliphatic heterocycles. The highest BCUT2D eigenvalue weighted by molar-refractivity contribution is 6.53. The molecular weight excluding hydrogens is 175 g/mol. The molecular formula is C6H8Cl2O2. The maximum atomic E-state index is 10.5. The Balaban J connectivity index is 2.88. The molecule has 1 fully saturated rings. The molecule has 10 heavy (non-hydrogen) atoms. The molecule has 0 saturated heterocycles. The molecule has 0 heterocycles. The molecule has 0 spiro atoms. The van der Waals surface area contributed by atoms with Crippen LogP contribution in [0.2, 0.25) is 0 Å². The lowest BCUT2D eigenvalue weighted by atomic mass is 10.1. The standard InChI is InChI=1S/C6H8Cl2O2/c1-3-5(2,4(9)10)6(3,7)8/h3H,1-2H3,(H,9,10)/t3-,5+/m1/s1. The fraction of sp³-hybridized carbons (Fsp3) is 0.833. The zero-order valence-electron chi connectivity index (χ0n) is 5.69. The first-order valence-corrected chi connectivity index (χ1v) is 3.72. The first kappa shape index (κ1) is 8.15. The summed E-state index contributed by atoms with van der Waals surface area (Å²) in [6.45, 7) is 3.29. The van der Waals surface area contributed by atoms with Crippen LogP contribution < -0.4 is 0 Å². The topological polar surface area (TPSA) is 37.3 Å². The molecule has 0 aromatic rings. The van der Waals surface area contributed by atoms with Crippen molar-refractivity contribution in [3.05, 3.63) is 0 Å². The minimum Gasteiger partial charge on any atom is -0.481 e. The molecule has 0 unspecified atom stereocenters. The van der Waals surface area contributed by atoms with E-state index in [2.05, 4.69) is 0 Å². The molecule has 2 atom stereocenters. The van der Waals surface area contributed by atoms with Gasteiger partial charge in [0.1, 0.15) is 9.75 Å². The third-order valence-electron chi connectivity index (χ3n) is 2.46. The predicted octanol–water partition coefficient (Wildman–Crippen LogP) is 1.90. The van der Waals surface area contributed by atoms with Crippen molar-refractivity contribution in [3.8, 4) is 0 Å². The summed E-state index contributed by atoms with van der Waals surface area (Å²) in [6, 6.07) is 0. The number of aliphatic carboxylic acids is 1. The van der Waals surface area contributed by atoms with Gasteiger partial charge >= 0.3 is 5.97 Å². The fourth-order valence-corrected chi connectivity index (χ4v) is 1.88. The molecule has 1 saturated carbocycles. The highest BCUT2D eigenvalue weighted by Crippen LogP contribution is 2.68. The summed E-state index contributed by atoms with van der Waals surface area (Å²) in [7, 11) is 0. The molecule has 4 heteroatoms. The van der Waals surface area contributed by atoms with Crippen LogP contribution in [-0.4, -0.2) is 15.4 Å². The maximum Gasteiger partial charge on any atom is 0.312 e. The summed E-state index contributed by atoms with van der Waals surface area (Å²) in [4.78, 5) is 10.5. The summed E-state index contributed by atoms with van der Waals surface area (Å²) >= 11 is 11.4. The van der Waals surface area contributed by atoms with E-state index < -0.39 is 15.7 Å². The van der Waals surface area contributed by atoms with E-state index in [1.165, 1.54) is 0 Å². The van der Waals surface area contributed by atoms with E-state index in [9.17, 15) is 4.79 Å². The van der Waals surface area contributed by atoms with E-state index in [0.29, 0.717) is 0 Å². The first-order chi connectivity index (χ1) is 4.35. The van der Waals surface area contributed by atoms with Gasteiger partial charge in [-0.05, 0) is 6.92 Å². The van der Waals surface area contributed by atoms with Gasteiger partial charge in [-0.1, -0.05) is 6.92 Å². The molecule has 1 aliphatic carbocycles. The van der Waals surface area contributed by atoms with E-state index >= 15 is 0 Å². The van der Waals surface area contributed by atoms with Crippen molar-refractivity contribution in [2.75, 3.05) is 0 Å². The third kappa shape index (κ3) is 0.638. The second-order valence-electron chi connectivity index (χ2n) is 2.85. The van der Waals surface area contributed by atoms with Crippen LogP contribution in [0.5, 0.6) is 0 Å². The summed E-state index contributed by atoms with van der Waals surface area (Å²) < 4.78 is -1.07. The largest absolute Gasteiger partial charge is 0.481 e. The number of hydrogen-bond acceptors (Lipinski definition) is 1. The molecule has 0 amide bonds. The van der Waals surface area contributed by atoms with Gasteiger partial charge < -0.3 is 5.11 Å². The average molecular weight is 183 g/mol. The monoisotopic (exact) mass is 182 g/mol. The summed E-state index contributed by atoms with van der Waals surface area (Å²) in [5.74, 6) is -1.09. The van der Waals surface area contributed by atoms with Gasteiger partial charge in [-0.3, -0.25) is 4.79 Å². The molecule has 2 nitrogen and oxygen atoms in total. The Morgan fingerprint density at radius 1 is 1.60 bits per heavy atom. The van der Waals surface area contributed by atoms with Gasteiger partial charge in [-0.15, -0.1) is 23.2 Å². The van der Waals surface area contributed by atoms with Gasteiger partial charge in [0.05, 0.1) is 0 Å². The number of carboxylic acid groups (broad SMARTS) is 1. The van der Waals surface area contributed by atoms with Crippen LogP contribution in [0, 0.1) is 11.3 Å². The number of hydrogen-bond donors (Lipinski definition) is 1. The number of alkyl halides is 2. The minimum absolute atomic E-state index is 0.166. The highest BCUT2D eigenvalue weighted by Gasteiger charge is 2.75. The van der Waals surface area contributed by atoms with Gasteiger partial charge in [0, 0.05) is 5.92 Å². The van der Waals surface area contributed by atoms with E-state index in [0.717, 1.165) is 0 Å². The fourth-order valence-electron chi connectivity index (χ4n) is 1.06. The number of carbonyl (C=O) groups is 1. The molecule has 1 aliphatic rings. The molecule has 1 rings (SSSR count). The Labute approximate surface area is 69.1 Å². The quantitative estimate of drug-likeness (QED) is 0.630. The van der Waals surface area contributed by atoms with Gasteiger partial charge in [-0.25, -0.2) is 0 Å². The van der Waals surface area contributed by atoms with Crippen LogP contribution in [0.25, 0.3) is 0 Å². The van der Waals surface area contributed by atoms with Crippen LogP contribution in [0.3, 0.4) is 0 Å². The van der Waals surface area contributed by atoms with Crippen LogP contribution in [0.1, 0.15) is 13.8 Å². The van der Waals surface area contributed by atoms with E-state index in [1.807, 2.05) is 0 Å². The maximum absolute atomic E-state index is 10.5. The minimum atomic E-state index is -1.07. The molecule has 0 radical (unpaired) electrons. The van der Waals surface area contributed by atoms with Gasteiger partial charge in [0.15, 0.2) is 0 Å². The van der Waals surface area contributed by atoms with E-state index in [4.69, 9.17) is 28.3 Å². The lowest BCUT2D eigenvalue weighted by molar-refractivity contribution is -0.143. The first-order valence-electron chi connectivity index (χ1n) is 2.96. The molecule has 1 N–H and O–H groups in total. The van der Waals surface area contributed by atoms with Crippen LogP contribution in [-0.2, 0) is 4.79 Å². The lowest BCUT2D eigenvalue weighted by Crippen LogP contribution is -2.17. The Bertz CT molecular complexity index is 190. The molecule has 0 bridgehead atoms. The lowest BCUT2D eigenvalue weighted by Gasteiger charge is -2.02. The normalized spacial score (nSPS) is 43.0. The second kappa shape index (κ2) is 1.80. The number of rotatable bonds is 1. The SMILES string of the molecule is C[C@H]1C(Cl)(Cl)[C@]1(C)C(=O)O. The number of carboxylic acids is 1. The van der Waals surface area contributed by atoms with Gasteiger partial charge in [-0.2, -0.15) is 0 Å². The van der Waals surface area contributed by atoms with Crippen molar-refractivity contribution in [1.29, 1.82) is 0 Å². The molecule has 58 valence electrons. The van der Waals surface area contributed by atoms with Gasteiger partial charge in [0.25, 0.3) is 0 Å². The Kier molecular flexibility index (Phi) is 1.47. The van der Waals surface area contributed by atoms with Crippen molar-refractivity contribution in [1.82, 2.24) is 0 Å². The Morgan fingerprint density at radius 3 is 1.90 bits per heavy atom. The Hall–Kier alpha value is 0.0500. The zero-order valence-corrected chi connectivity index (χ0v) is 7.20. The molecule has 0 aromatic carbocycles. The van der Waals surface area contributed by atoms with Crippen molar-refractivity contribution in [2.45, 2.75) is 18.2 Å². The number of halogens is 2. The highest BCUT2D eigenvalue weighted by atomic mass is 35.5. The van der Waals surface area contributed by atoms with Gasteiger partial charge in [0.2, 0.25) is 0 Å². The van der Waals surface area contributed by atoms with E-state index in [1.54, 1.807) is 13.8 Å². The van der Waals surface area contributed by atoms with Crippen molar-refractivity contribution in [3.63, 3.8) is 0 Å². The van der Waals surface area contributed by atoms with Crippen molar-refractivity contribution < 1.29 is 9.90 Å². The predicted molar refractivity (Wildman–Crippen MR) is 39.3 cm³/mol. The average Bonchev–Trinajstić information content (AvgIpc) is 2.16. The second-order valence-corrected chi connectivity index (χ2v) is 4.24. The van der Waals surface area contributed by atoms with Crippen molar-refractivity contribution in [2.24, 2.45) is 11.3 Å². The molecule has 0 aromatic heterocycles. The summed E-state index contributed by atoms with van der Waals surface area (Å²) in [5, 5.41) is 8.65. The van der Waals surface area contributed by atoms with Crippen LogP contribution >= 0.6 is 23.2 Å². The van der Waals surface area contributed by atoms with Crippen molar-refractivity contribution >= 4 is 29.2 Å².